The van der Waals surface area contributed by atoms with Crippen LogP contribution in [-0.2, 0) is 24.3 Å². The largest absolute Gasteiger partial charge is 0.465 e. The Morgan fingerprint density at radius 3 is 2.17 bits per heavy atom. The Kier molecular flexibility index (Phi) is 6.28. The molecule has 23 heavy (non-hydrogen) atoms. The molecule has 8 heteroatoms. The second-order valence-electron chi connectivity index (χ2n) is 5.75. The smallest absolute Gasteiger partial charge is 0.337 e. The summed E-state index contributed by atoms with van der Waals surface area (Å²) >= 11 is 0. The summed E-state index contributed by atoms with van der Waals surface area (Å²) in [4.78, 5) is 22.8. The van der Waals surface area contributed by atoms with E-state index in [1.807, 2.05) is 0 Å². The van der Waals surface area contributed by atoms with Gasteiger partial charge >= 0.3 is 11.9 Å². The molecule has 0 heterocycles. The van der Waals surface area contributed by atoms with Gasteiger partial charge < -0.3 is 9.47 Å². The average Bonchev–Trinajstić information content (AvgIpc) is 2.44. The van der Waals surface area contributed by atoms with Crippen LogP contribution < -0.4 is 4.72 Å². The van der Waals surface area contributed by atoms with Gasteiger partial charge in [-0.2, -0.15) is 0 Å². The normalized spacial score (nSPS) is 11.8. The number of methoxy groups -OCH3 is 1. The van der Waals surface area contributed by atoms with Crippen LogP contribution in [-0.4, -0.2) is 39.6 Å². The summed E-state index contributed by atoms with van der Waals surface area (Å²) in [5.41, 5.74) is -0.361. The number of benzene rings is 1. The van der Waals surface area contributed by atoms with Crippen LogP contribution in [0.4, 0.5) is 0 Å². The molecule has 0 aliphatic carbocycles. The van der Waals surface area contributed by atoms with Crippen LogP contribution in [0.1, 0.15) is 37.6 Å². The zero-order valence-corrected chi connectivity index (χ0v) is 14.4. The lowest BCUT2D eigenvalue weighted by Gasteiger charge is -2.19. The lowest BCUT2D eigenvalue weighted by atomic mass is 10.2. The summed E-state index contributed by atoms with van der Waals surface area (Å²) in [7, 11) is -2.52. The maximum absolute atomic E-state index is 12.1. The maximum Gasteiger partial charge on any atom is 0.337 e. The lowest BCUT2D eigenvalue weighted by molar-refractivity contribution is -0.154. The van der Waals surface area contributed by atoms with Crippen molar-refractivity contribution in [1.29, 1.82) is 0 Å². The van der Waals surface area contributed by atoms with E-state index >= 15 is 0 Å². The van der Waals surface area contributed by atoms with Crippen molar-refractivity contribution in [3.63, 3.8) is 0 Å². The van der Waals surface area contributed by atoms with E-state index in [0.717, 1.165) is 0 Å². The Balaban J connectivity index is 2.63. The Bertz CT molecular complexity index is 658. The summed E-state index contributed by atoms with van der Waals surface area (Å²) in [6.07, 6.45) is -0.0727. The molecule has 0 radical (unpaired) electrons. The van der Waals surface area contributed by atoms with Crippen molar-refractivity contribution in [3.05, 3.63) is 29.8 Å². The van der Waals surface area contributed by atoms with E-state index in [4.69, 9.17) is 4.74 Å². The van der Waals surface area contributed by atoms with Gasteiger partial charge in [0.2, 0.25) is 10.0 Å². The van der Waals surface area contributed by atoms with Gasteiger partial charge in [0, 0.05) is 6.54 Å². The molecular weight excluding hydrogens is 322 g/mol. The molecule has 0 atom stereocenters. The number of esters is 2. The summed E-state index contributed by atoms with van der Waals surface area (Å²) in [6, 6.07) is 5.30. The standard InChI is InChI=1S/C15H21NO6S/c1-15(2,3)22-13(17)9-10-16-23(19,20)12-7-5-11(6-8-12)14(18)21-4/h5-8,16H,9-10H2,1-4H3. The molecule has 1 aromatic rings. The van der Waals surface area contributed by atoms with Crippen LogP contribution in [0.2, 0.25) is 0 Å². The molecule has 1 N–H and O–H groups in total. The minimum atomic E-state index is -3.76. The van der Waals surface area contributed by atoms with Gasteiger partial charge in [-0.1, -0.05) is 0 Å². The molecule has 0 spiro atoms. The van der Waals surface area contributed by atoms with Crippen molar-refractivity contribution in [2.75, 3.05) is 13.7 Å². The second-order valence-corrected chi connectivity index (χ2v) is 7.52. The molecule has 0 aliphatic rings. The van der Waals surface area contributed by atoms with Gasteiger partial charge in [-0.15, -0.1) is 0 Å². The third kappa shape index (κ3) is 6.37. The van der Waals surface area contributed by atoms with Gasteiger partial charge in [0.25, 0.3) is 0 Å². The van der Waals surface area contributed by atoms with Crippen LogP contribution in [0.15, 0.2) is 29.2 Å². The molecule has 0 bridgehead atoms. The fraction of sp³-hybridized carbons (Fsp3) is 0.467. The van der Waals surface area contributed by atoms with Crippen molar-refractivity contribution in [3.8, 4) is 0 Å². The quantitative estimate of drug-likeness (QED) is 0.786. The van der Waals surface area contributed by atoms with E-state index in [1.165, 1.54) is 31.4 Å². The minimum Gasteiger partial charge on any atom is -0.465 e. The van der Waals surface area contributed by atoms with Crippen LogP contribution in [0.3, 0.4) is 0 Å². The first-order valence-corrected chi connectivity index (χ1v) is 8.43. The third-order valence-corrected chi connectivity index (χ3v) is 4.10. The minimum absolute atomic E-state index is 0.00524. The molecule has 0 aliphatic heterocycles. The van der Waals surface area contributed by atoms with Gasteiger partial charge in [0.05, 0.1) is 24.0 Å². The first kappa shape index (κ1) is 19.1. The Labute approximate surface area is 136 Å². The monoisotopic (exact) mass is 343 g/mol. The summed E-state index contributed by atoms with van der Waals surface area (Å²) in [5, 5.41) is 0. The fourth-order valence-electron chi connectivity index (χ4n) is 1.65. The first-order chi connectivity index (χ1) is 10.5. The van der Waals surface area contributed by atoms with E-state index in [-0.39, 0.29) is 23.4 Å². The Morgan fingerprint density at radius 2 is 1.70 bits per heavy atom. The lowest BCUT2D eigenvalue weighted by Crippen LogP contribution is -2.29. The summed E-state index contributed by atoms with van der Waals surface area (Å²) in [6.45, 7) is 5.13. The van der Waals surface area contributed by atoms with E-state index in [0.29, 0.717) is 0 Å². The fourth-order valence-corrected chi connectivity index (χ4v) is 2.68. The zero-order valence-electron chi connectivity index (χ0n) is 13.6. The van der Waals surface area contributed by atoms with Crippen LogP contribution >= 0.6 is 0 Å². The number of sulfonamides is 1. The molecule has 0 saturated carbocycles. The summed E-state index contributed by atoms with van der Waals surface area (Å²) < 4.78 is 36.1. The number of rotatable bonds is 6. The molecule has 1 aromatic carbocycles. The van der Waals surface area contributed by atoms with Gasteiger partial charge in [-0.3, -0.25) is 4.79 Å². The number of carbonyl (C=O) groups is 2. The van der Waals surface area contributed by atoms with Gasteiger partial charge in [0.1, 0.15) is 5.60 Å². The molecule has 7 nitrogen and oxygen atoms in total. The summed E-state index contributed by atoms with van der Waals surface area (Å²) in [5.74, 6) is -1.03. The Morgan fingerprint density at radius 1 is 1.13 bits per heavy atom. The average molecular weight is 343 g/mol. The Hall–Kier alpha value is -1.93. The second kappa shape index (κ2) is 7.56. The van der Waals surface area contributed by atoms with E-state index in [1.54, 1.807) is 20.8 Å². The molecule has 0 unspecified atom stereocenters. The molecule has 1 rings (SSSR count). The molecule has 0 amide bonds. The predicted molar refractivity (Wildman–Crippen MR) is 83.4 cm³/mol. The van der Waals surface area contributed by atoms with Crippen molar-refractivity contribution < 1.29 is 27.5 Å². The van der Waals surface area contributed by atoms with Crippen LogP contribution in [0.25, 0.3) is 0 Å². The van der Waals surface area contributed by atoms with Crippen molar-refractivity contribution in [1.82, 2.24) is 4.72 Å². The van der Waals surface area contributed by atoms with E-state index < -0.39 is 27.6 Å². The molecule has 128 valence electrons. The van der Waals surface area contributed by atoms with Crippen LogP contribution in [0.5, 0.6) is 0 Å². The van der Waals surface area contributed by atoms with E-state index in [9.17, 15) is 18.0 Å². The van der Waals surface area contributed by atoms with E-state index in [2.05, 4.69) is 9.46 Å². The molecule has 0 aromatic heterocycles. The predicted octanol–water partition coefficient (Wildman–Crippen LogP) is 1.48. The topological polar surface area (TPSA) is 98.8 Å². The highest BCUT2D eigenvalue weighted by atomic mass is 32.2. The number of hydrogen-bond acceptors (Lipinski definition) is 6. The van der Waals surface area contributed by atoms with Gasteiger partial charge in [0.15, 0.2) is 0 Å². The van der Waals surface area contributed by atoms with Gasteiger partial charge in [-0.25, -0.2) is 17.9 Å². The SMILES string of the molecule is COC(=O)c1ccc(S(=O)(=O)NCCC(=O)OC(C)(C)C)cc1. The molecule has 0 fully saturated rings. The maximum atomic E-state index is 12.1. The molecule has 0 saturated heterocycles. The number of ether oxygens (including phenoxy) is 2. The van der Waals surface area contributed by atoms with Crippen LogP contribution in [0, 0.1) is 0 Å². The van der Waals surface area contributed by atoms with Gasteiger partial charge in [-0.05, 0) is 45.0 Å². The highest BCUT2D eigenvalue weighted by molar-refractivity contribution is 7.89. The molecular formula is C15H21NO6S. The third-order valence-electron chi connectivity index (χ3n) is 2.63. The highest BCUT2D eigenvalue weighted by Gasteiger charge is 2.18. The number of nitrogens with one attached hydrogen (secondary N) is 1. The first-order valence-electron chi connectivity index (χ1n) is 6.95. The number of hydrogen-bond donors (Lipinski definition) is 1. The zero-order chi connectivity index (χ0) is 17.7. The number of carbonyl (C=O) groups excluding carboxylic acids is 2. The van der Waals surface area contributed by atoms with Crippen molar-refractivity contribution in [2.45, 2.75) is 37.7 Å². The highest BCUT2D eigenvalue weighted by Crippen LogP contribution is 2.12. The van der Waals surface area contributed by atoms with Crippen molar-refractivity contribution in [2.24, 2.45) is 0 Å². The van der Waals surface area contributed by atoms with Crippen molar-refractivity contribution >= 4 is 22.0 Å².